The summed E-state index contributed by atoms with van der Waals surface area (Å²) in [5, 5.41) is 20.1. The Morgan fingerprint density at radius 3 is 2.31 bits per heavy atom. The monoisotopic (exact) mass is 482 g/mol. The Morgan fingerprint density at radius 1 is 0.943 bits per heavy atom. The second kappa shape index (κ2) is 9.94. The number of aromatic hydroxyl groups is 1. The molecule has 1 aliphatic rings. The molecule has 2 N–H and O–H groups in total. The van der Waals surface area contributed by atoms with E-state index in [1.807, 2.05) is 85.9 Å². The first-order valence-corrected chi connectivity index (χ1v) is 12.5. The van der Waals surface area contributed by atoms with Gasteiger partial charge in [-0.3, -0.25) is 9.78 Å². The molecule has 4 aromatic rings. The van der Waals surface area contributed by atoms with Crippen LogP contribution in [0.25, 0.3) is 11.1 Å². The number of benzene rings is 3. The number of phenols is 1. The fourth-order valence-electron chi connectivity index (χ4n) is 4.34. The number of carbonyl (C=O) groups excluding carboxylic acids is 1. The van der Waals surface area contributed by atoms with Crippen LogP contribution in [0.15, 0.2) is 97.3 Å². The van der Waals surface area contributed by atoms with Gasteiger partial charge in [-0.2, -0.15) is 0 Å². The minimum absolute atomic E-state index is 0.0123. The summed E-state index contributed by atoms with van der Waals surface area (Å²) in [4.78, 5) is 19.3. The lowest BCUT2D eigenvalue weighted by atomic mass is 9.92. The lowest BCUT2D eigenvalue weighted by Gasteiger charge is -2.47. The van der Waals surface area contributed by atoms with E-state index in [1.54, 1.807) is 23.2 Å². The van der Waals surface area contributed by atoms with Gasteiger partial charge in [-0.15, -0.1) is 11.8 Å². The molecule has 6 heteroatoms. The molecule has 1 aromatic heterocycles. The van der Waals surface area contributed by atoms with Gasteiger partial charge in [0.2, 0.25) is 5.91 Å². The molecule has 3 atom stereocenters. The van der Waals surface area contributed by atoms with E-state index in [1.165, 1.54) is 11.8 Å². The summed E-state index contributed by atoms with van der Waals surface area (Å²) < 4.78 is 0. The molecule has 1 amide bonds. The lowest BCUT2D eigenvalue weighted by molar-refractivity contribution is -0.123. The summed E-state index contributed by atoms with van der Waals surface area (Å²) in [6.45, 7) is 2.01. The van der Waals surface area contributed by atoms with Gasteiger partial charge >= 0.3 is 0 Å². The molecule has 0 bridgehead atoms. The van der Waals surface area contributed by atoms with E-state index in [9.17, 15) is 15.0 Å². The standard InChI is InChI=1S/C29H26N2O3S/c1-19-4-6-21(7-5-19)26(33)18-35-28-27(22-10-14-25(32)15-11-22)31(29(28)34)24-12-8-20(9-13-24)23-3-2-16-30-17-23/h2-17,26-28,32-33H,18H2,1H3/t26-,27+,28+/m0/s1. The predicted molar refractivity (Wildman–Crippen MR) is 140 cm³/mol. The van der Waals surface area contributed by atoms with E-state index in [4.69, 9.17) is 0 Å². The summed E-state index contributed by atoms with van der Waals surface area (Å²) in [6.07, 6.45) is 2.91. The second-order valence-electron chi connectivity index (χ2n) is 8.71. The Balaban J connectivity index is 1.37. The average Bonchev–Trinajstić information content (AvgIpc) is 2.89. The number of phenolic OH excluding ortho intramolecular Hbond substituents is 1. The summed E-state index contributed by atoms with van der Waals surface area (Å²) in [7, 11) is 0. The average molecular weight is 483 g/mol. The Hall–Kier alpha value is -3.61. The largest absolute Gasteiger partial charge is 0.508 e. The molecule has 3 aromatic carbocycles. The van der Waals surface area contributed by atoms with Crippen LogP contribution in [-0.4, -0.2) is 32.1 Å². The van der Waals surface area contributed by atoms with Crippen molar-refractivity contribution in [3.05, 3.63) is 114 Å². The topological polar surface area (TPSA) is 73.7 Å². The van der Waals surface area contributed by atoms with Gasteiger partial charge in [0.25, 0.3) is 0 Å². The third-order valence-corrected chi connectivity index (χ3v) is 7.64. The number of anilines is 1. The van der Waals surface area contributed by atoms with Crippen LogP contribution >= 0.6 is 11.8 Å². The third kappa shape index (κ3) is 4.81. The number of amides is 1. The van der Waals surface area contributed by atoms with Gasteiger partial charge in [-0.05, 0) is 59.5 Å². The van der Waals surface area contributed by atoms with Gasteiger partial charge in [0, 0.05) is 23.8 Å². The van der Waals surface area contributed by atoms with Crippen molar-refractivity contribution >= 4 is 23.4 Å². The smallest absolute Gasteiger partial charge is 0.243 e. The van der Waals surface area contributed by atoms with Crippen LogP contribution in [0.2, 0.25) is 0 Å². The molecule has 5 rings (SSSR count). The zero-order chi connectivity index (χ0) is 24.4. The predicted octanol–water partition coefficient (Wildman–Crippen LogP) is 5.69. The highest BCUT2D eigenvalue weighted by Gasteiger charge is 2.49. The molecule has 1 saturated heterocycles. The lowest BCUT2D eigenvalue weighted by Crippen LogP contribution is -2.57. The van der Waals surface area contributed by atoms with Gasteiger partial charge in [-0.1, -0.05) is 60.2 Å². The molecule has 0 spiro atoms. The summed E-state index contributed by atoms with van der Waals surface area (Å²) in [6, 6.07) is 26.4. The first-order valence-electron chi connectivity index (χ1n) is 11.5. The molecular formula is C29H26N2O3S. The van der Waals surface area contributed by atoms with Crippen molar-refractivity contribution < 1.29 is 15.0 Å². The number of rotatable bonds is 7. The maximum Gasteiger partial charge on any atom is 0.243 e. The number of aromatic nitrogens is 1. The number of hydrogen-bond acceptors (Lipinski definition) is 5. The van der Waals surface area contributed by atoms with Crippen molar-refractivity contribution in [1.29, 1.82) is 0 Å². The molecule has 0 unspecified atom stereocenters. The van der Waals surface area contributed by atoms with E-state index < -0.39 is 6.10 Å². The molecule has 0 radical (unpaired) electrons. The zero-order valence-electron chi connectivity index (χ0n) is 19.3. The van der Waals surface area contributed by atoms with Gasteiger partial charge in [0.15, 0.2) is 0 Å². The number of aryl methyl sites for hydroxylation is 1. The van der Waals surface area contributed by atoms with Gasteiger partial charge in [0.1, 0.15) is 11.0 Å². The summed E-state index contributed by atoms with van der Waals surface area (Å²) >= 11 is 1.47. The maximum absolute atomic E-state index is 13.3. The number of hydrogen-bond donors (Lipinski definition) is 2. The van der Waals surface area contributed by atoms with Crippen LogP contribution in [0.4, 0.5) is 5.69 Å². The number of aliphatic hydroxyl groups excluding tert-OH is 1. The van der Waals surface area contributed by atoms with E-state index in [2.05, 4.69) is 4.98 Å². The number of β-lactam (4-membered cyclic amide) rings is 1. The van der Waals surface area contributed by atoms with Crippen LogP contribution < -0.4 is 4.90 Å². The van der Waals surface area contributed by atoms with E-state index in [-0.39, 0.29) is 22.9 Å². The molecule has 5 nitrogen and oxygen atoms in total. The first kappa shape index (κ1) is 23.1. The quantitative estimate of drug-likeness (QED) is 0.331. The van der Waals surface area contributed by atoms with Crippen molar-refractivity contribution in [3.8, 4) is 16.9 Å². The molecule has 35 heavy (non-hydrogen) atoms. The highest BCUT2D eigenvalue weighted by Crippen LogP contribution is 2.46. The molecule has 2 heterocycles. The molecule has 0 saturated carbocycles. The molecule has 0 aliphatic carbocycles. The van der Waals surface area contributed by atoms with Crippen LogP contribution in [0.3, 0.4) is 0 Å². The number of thioether (sulfide) groups is 1. The normalized spacial score (nSPS) is 18.2. The molecule has 176 valence electrons. The SMILES string of the molecule is Cc1ccc([C@@H](O)CS[C@H]2C(=O)N(c3ccc(-c4cccnc4)cc3)[C@@H]2c2ccc(O)cc2)cc1. The summed E-state index contributed by atoms with van der Waals surface area (Å²) in [5.41, 5.74) is 5.79. The zero-order valence-corrected chi connectivity index (χ0v) is 20.1. The molecular weight excluding hydrogens is 456 g/mol. The Bertz CT molecular complexity index is 1290. The van der Waals surface area contributed by atoms with E-state index in [0.29, 0.717) is 5.75 Å². The highest BCUT2D eigenvalue weighted by atomic mass is 32.2. The number of carbonyl (C=O) groups is 1. The fourth-order valence-corrected chi connectivity index (χ4v) is 5.64. The van der Waals surface area contributed by atoms with Crippen molar-refractivity contribution in [1.82, 2.24) is 4.98 Å². The minimum Gasteiger partial charge on any atom is -0.508 e. The van der Waals surface area contributed by atoms with Gasteiger partial charge in [0.05, 0.1) is 12.1 Å². The van der Waals surface area contributed by atoms with Gasteiger partial charge in [-0.25, -0.2) is 0 Å². The van der Waals surface area contributed by atoms with Crippen molar-refractivity contribution in [2.45, 2.75) is 24.3 Å². The molecule has 1 fully saturated rings. The summed E-state index contributed by atoms with van der Waals surface area (Å²) in [5.74, 6) is 0.617. The van der Waals surface area contributed by atoms with Crippen molar-refractivity contribution in [3.63, 3.8) is 0 Å². The fraction of sp³-hybridized carbons (Fsp3) is 0.172. The Morgan fingerprint density at radius 2 is 1.66 bits per heavy atom. The van der Waals surface area contributed by atoms with Crippen LogP contribution in [-0.2, 0) is 4.79 Å². The Kier molecular flexibility index (Phi) is 6.57. The van der Waals surface area contributed by atoms with Crippen molar-refractivity contribution in [2.24, 2.45) is 0 Å². The highest BCUT2D eigenvalue weighted by molar-refractivity contribution is 8.00. The number of aliphatic hydroxyl groups is 1. The second-order valence-corrected chi connectivity index (χ2v) is 9.89. The van der Waals surface area contributed by atoms with Crippen molar-refractivity contribution in [2.75, 3.05) is 10.7 Å². The van der Waals surface area contributed by atoms with Crippen LogP contribution in [0, 0.1) is 6.92 Å². The number of nitrogens with zero attached hydrogens (tertiary/aromatic N) is 2. The van der Waals surface area contributed by atoms with E-state index >= 15 is 0 Å². The van der Waals surface area contributed by atoms with Crippen LogP contribution in [0.1, 0.15) is 28.8 Å². The Labute approximate surface area is 209 Å². The van der Waals surface area contributed by atoms with Gasteiger partial charge < -0.3 is 15.1 Å². The maximum atomic E-state index is 13.3. The van der Waals surface area contributed by atoms with Crippen LogP contribution in [0.5, 0.6) is 5.75 Å². The van der Waals surface area contributed by atoms with E-state index in [0.717, 1.165) is 33.5 Å². The molecule has 1 aliphatic heterocycles. The number of pyridine rings is 1. The minimum atomic E-state index is -0.651. The first-order chi connectivity index (χ1) is 17.0. The third-order valence-electron chi connectivity index (χ3n) is 6.32.